The average Bonchev–Trinajstić information content (AvgIpc) is 2.65. The molecule has 0 aliphatic heterocycles. The quantitative estimate of drug-likeness (QED) is 0.294. The summed E-state index contributed by atoms with van der Waals surface area (Å²) in [6, 6.07) is 10.2. The van der Waals surface area contributed by atoms with Crippen molar-refractivity contribution in [3.63, 3.8) is 0 Å². The van der Waals surface area contributed by atoms with Gasteiger partial charge in [0.1, 0.15) is 11.9 Å². The number of carbonyl (C=O) groups is 1. The molecule has 150 valence electrons. The van der Waals surface area contributed by atoms with Gasteiger partial charge in [0, 0.05) is 25.1 Å². The highest BCUT2D eigenvalue weighted by Crippen LogP contribution is 2.22. The first-order valence-corrected chi connectivity index (χ1v) is 9.86. The number of non-ortho nitro benzene ring substituents is 1. The maximum absolute atomic E-state index is 12.9. The van der Waals surface area contributed by atoms with Crippen molar-refractivity contribution in [2.45, 2.75) is 30.8 Å². The van der Waals surface area contributed by atoms with Crippen LogP contribution >= 0.6 is 0 Å². The second-order valence-corrected chi connectivity index (χ2v) is 7.71. The van der Waals surface area contributed by atoms with Crippen molar-refractivity contribution in [3.8, 4) is 0 Å². The lowest BCUT2D eigenvalue weighted by Crippen LogP contribution is -2.25. The van der Waals surface area contributed by atoms with E-state index in [1.807, 2.05) is 0 Å². The van der Waals surface area contributed by atoms with Crippen LogP contribution in [0.2, 0.25) is 0 Å². The third kappa shape index (κ3) is 6.10. The molecule has 0 saturated heterocycles. The molecule has 2 aromatic carbocycles. The molecule has 0 fully saturated rings. The Morgan fingerprint density at radius 3 is 2.57 bits per heavy atom. The monoisotopic (exact) mass is 410 g/mol. The number of hydrogen-bond donors (Lipinski definition) is 1. The summed E-state index contributed by atoms with van der Waals surface area (Å²) >= 11 is 0. The topological polar surface area (TPSA) is 116 Å². The first-order chi connectivity index (χ1) is 13.2. The molecule has 0 spiro atoms. The molecule has 0 saturated carbocycles. The molecule has 1 atom stereocenters. The minimum Gasteiger partial charge on any atom is -0.458 e. The highest BCUT2D eigenvalue weighted by atomic mass is 32.2. The van der Waals surface area contributed by atoms with E-state index in [2.05, 4.69) is 4.72 Å². The van der Waals surface area contributed by atoms with Crippen molar-refractivity contribution in [1.29, 1.82) is 0 Å². The Balaban J connectivity index is 1.80. The van der Waals surface area contributed by atoms with Crippen LogP contribution in [-0.4, -0.2) is 25.9 Å². The largest absolute Gasteiger partial charge is 0.458 e. The van der Waals surface area contributed by atoms with Gasteiger partial charge in [-0.25, -0.2) is 17.5 Å². The van der Waals surface area contributed by atoms with Gasteiger partial charge in [-0.3, -0.25) is 14.9 Å². The Labute approximate surface area is 161 Å². The number of rotatable bonds is 9. The lowest BCUT2D eigenvalue weighted by atomic mass is 10.1. The lowest BCUT2D eigenvalue weighted by Gasteiger charge is -2.13. The molecule has 0 aromatic heterocycles. The number of nitro benzene ring substituents is 1. The van der Waals surface area contributed by atoms with Crippen LogP contribution in [0.3, 0.4) is 0 Å². The molecule has 0 unspecified atom stereocenters. The Morgan fingerprint density at radius 1 is 1.25 bits per heavy atom. The van der Waals surface area contributed by atoms with Crippen LogP contribution in [0, 0.1) is 15.9 Å². The number of hydrogen-bond acceptors (Lipinski definition) is 6. The molecule has 0 aliphatic carbocycles. The van der Waals surface area contributed by atoms with E-state index >= 15 is 0 Å². The Morgan fingerprint density at radius 2 is 1.93 bits per heavy atom. The number of esters is 1. The molecular weight excluding hydrogens is 391 g/mol. The minimum absolute atomic E-state index is 0.000000513. The maximum Gasteiger partial charge on any atom is 0.306 e. The summed E-state index contributed by atoms with van der Waals surface area (Å²) in [7, 11) is -3.79. The van der Waals surface area contributed by atoms with Gasteiger partial charge in [-0.2, -0.15) is 0 Å². The standard InChI is InChI=1S/C18H19FN2O6S/c1-13(14-4-2-5-16(12-14)21(23)24)27-18(22)6-3-11-20-28(25,26)17-9-7-15(19)8-10-17/h2,4-5,7-10,12-13,20H,3,6,11H2,1H3/t13-/m0/s1. The van der Waals surface area contributed by atoms with Crippen LogP contribution < -0.4 is 4.72 Å². The lowest BCUT2D eigenvalue weighted by molar-refractivity contribution is -0.385. The van der Waals surface area contributed by atoms with Crippen molar-refractivity contribution in [1.82, 2.24) is 4.72 Å². The van der Waals surface area contributed by atoms with E-state index in [0.717, 1.165) is 24.3 Å². The van der Waals surface area contributed by atoms with Gasteiger partial charge in [-0.05, 0) is 43.2 Å². The number of halogens is 1. The fraction of sp³-hybridized carbons (Fsp3) is 0.278. The third-order valence-corrected chi connectivity index (χ3v) is 5.31. The van der Waals surface area contributed by atoms with Crippen molar-refractivity contribution in [3.05, 3.63) is 70.0 Å². The summed E-state index contributed by atoms with van der Waals surface area (Å²) in [5.74, 6) is -1.10. The Bertz CT molecular complexity index is 947. The zero-order valence-electron chi connectivity index (χ0n) is 15.0. The second kappa shape index (κ2) is 9.38. The van der Waals surface area contributed by atoms with E-state index in [1.54, 1.807) is 13.0 Å². The number of benzene rings is 2. The molecule has 0 heterocycles. The molecule has 28 heavy (non-hydrogen) atoms. The number of sulfonamides is 1. The SMILES string of the molecule is C[C@H](OC(=O)CCCNS(=O)(=O)c1ccc(F)cc1)c1cccc([N+](=O)[O-])c1. The molecule has 0 amide bonds. The third-order valence-electron chi connectivity index (χ3n) is 3.83. The summed E-state index contributed by atoms with van der Waals surface area (Å²) in [5.41, 5.74) is 0.384. The van der Waals surface area contributed by atoms with E-state index in [0.29, 0.717) is 5.56 Å². The van der Waals surface area contributed by atoms with Gasteiger partial charge in [0.25, 0.3) is 5.69 Å². The normalized spacial score (nSPS) is 12.4. The molecule has 0 radical (unpaired) electrons. The molecule has 1 N–H and O–H groups in total. The van der Waals surface area contributed by atoms with E-state index in [4.69, 9.17) is 4.74 Å². The van der Waals surface area contributed by atoms with Crippen LogP contribution in [0.4, 0.5) is 10.1 Å². The molecule has 10 heteroatoms. The fourth-order valence-electron chi connectivity index (χ4n) is 2.35. The summed E-state index contributed by atoms with van der Waals surface area (Å²) in [6.07, 6.45) is -0.519. The van der Waals surface area contributed by atoms with Gasteiger partial charge in [-0.1, -0.05) is 12.1 Å². The first-order valence-electron chi connectivity index (χ1n) is 8.38. The number of nitrogens with one attached hydrogen (secondary N) is 1. The first kappa shape index (κ1) is 21.5. The fourth-order valence-corrected chi connectivity index (χ4v) is 3.43. The summed E-state index contributed by atoms with van der Waals surface area (Å²) in [4.78, 5) is 22.1. The zero-order valence-corrected chi connectivity index (χ0v) is 15.8. The van der Waals surface area contributed by atoms with Gasteiger partial charge in [-0.15, -0.1) is 0 Å². The molecule has 0 bridgehead atoms. The van der Waals surface area contributed by atoms with Crippen molar-refractivity contribution in [2.24, 2.45) is 0 Å². The highest BCUT2D eigenvalue weighted by molar-refractivity contribution is 7.89. The average molecular weight is 410 g/mol. The Hall–Kier alpha value is -2.85. The zero-order chi connectivity index (χ0) is 20.7. The molecular formula is C18H19FN2O6S. The van der Waals surface area contributed by atoms with E-state index in [-0.39, 0.29) is 30.0 Å². The second-order valence-electron chi connectivity index (χ2n) is 5.94. The predicted molar refractivity (Wildman–Crippen MR) is 98.4 cm³/mol. The predicted octanol–water partition coefficient (Wildman–Crippen LogP) is 3.10. The van der Waals surface area contributed by atoms with E-state index < -0.39 is 32.8 Å². The van der Waals surface area contributed by atoms with Crippen LogP contribution in [0.5, 0.6) is 0 Å². The smallest absolute Gasteiger partial charge is 0.306 e. The van der Waals surface area contributed by atoms with E-state index in [1.165, 1.54) is 18.2 Å². The van der Waals surface area contributed by atoms with Crippen LogP contribution in [0.25, 0.3) is 0 Å². The summed E-state index contributed by atoms with van der Waals surface area (Å²) in [6.45, 7) is 1.59. The van der Waals surface area contributed by atoms with Gasteiger partial charge >= 0.3 is 5.97 Å². The molecule has 2 rings (SSSR count). The van der Waals surface area contributed by atoms with Crippen LogP contribution in [-0.2, 0) is 19.6 Å². The number of nitrogens with zero attached hydrogens (tertiary/aromatic N) is 1. The van der Waals surface area contributed by atoms with Gasteiger partial charge < -0.3 is 4.74 Å². The number of nitro groups is 1. The summed E-state index contributed by atoms with van der Waals surface area (Å²) < 4.78 is 44.5. The van der Waals surface area contributed by atoms with Gasteiger partial charge in [0.2, 0.25) is 10.0 Å². The Kier molecular flexibility index (Phi) is 7.18. The van der Waals surface area contributed by atoms with Gasteiger partial charge in [0.05, 0.1) is 9.82 Å². The van der Waals surface area contributed by atoms with Crippen molar-refractivity contribution < 1.29 is 27.3 Å². The van der Waals surface area contributed by atoms with Crippen molar-refractivity contribution >= 4 is 21.7 Å². The van der Waals surface area contributed by atoms with E-state index in [9.17, 15) is 27.7 Å². The molecule has 2 aromatic rings. The van der Waals surface area contributed by atoms with Crippen molar-refractivity contribution in [2.75, 3.05) is 6.54 Å². The van der Waals surface area contributed by atoms with Crippen LogP contribution in [0.15, 0.2) is 53.4 Å². The summed E-state index contributed by atoms with van der Waals surface area (Å²) in [5, 5.41) is 10.8. The van der Waals surface area contributed by atoms with Gasteiger partial charge in [0.15, 0.2) is 0 Å². The maximum atomic E-state index is 12.9. The van der Waals surface area contributed by atoms with Crippen LogP contribution in [0.1, 0.15) is 31.4 Å². The molecule has 8 nitrogen and oxygen atoms in total. The number of ether oxygens (including phenoxy) is 1. The minimum atomic E-state index is -3.79. The number of carbonyl (C=O) groups excluding carboxylic acids is 1. The molecule has 0 aliphatic rings. The highest BCUT2D eigenvalue weighted by Gasteiger charge is 2.16.